The molecule has 0 saturated carbocycles. The Morgan fingerprint density at radius 2 is 2.21 bits per heavy atom. The minimum Gasteiger partial charge on any atom is -0.399 e. The first-order valence-electron chi connectivity index (χ1n) is 5.68. The van der Waals surface area contributed by atoms with E-state index >= 15 is 0 Å². The molecular formula is C12H14BrN5O. The number of hydrogen-bond acceptors (Lipinski definition) is 4. The van der Waals surface area contributed by atoms with Crippen LogP contribution in [0.5, 0.6) is 0 Å². The largest absolute Gasteiger partial charge is 0.399 e. The van der Waals surface area contributed by atoms with Gasteiger partial charge in [0, 0.05) is 10.2 Å². The fraction of sp³-hybridized carbons (Fsp3) is 0.250. The zero-order valence-corrected chi connectivity index (χ0v) is 12.2. The molecule has 0 spiro atoms. The van der Waals surface area contributed by atoms with E-state index in [9.17, 15) is 4.79 Å². The number of benzene rings is 1. The smallest absolute Gasteiger partial charge is 0.246 e. The first-order chi connectivity index (χ1) is 8.95. The number of nitrogens with one attached hydrogen (secondary N) is 1. The van der Waals surface area contributed by atoms with E-state index in [2.05, 4.69) is 31.3 Å². The van der Waals surface area contributed by atoms with Crippen molar-refractivity contribution in [3.05, 3.63) is 34.3 Å². The predicted molar refractivity (Wildman–Crippen MR) is 76.7 cm³/mol. The van der Waals surface area contributed by atoms with Crippen molar-refractivity contribution < 1.29 is 4.79 Å². The van der Waals surface area contributed by atoms with Gasteiger partial charge in [-0.1, -0.05) is 0 Å². The molecule has 1 aromatic heterocycles. The maximum absolute atomic E-state index is 11.9. The van der Waals surface area contributed by atoms with Crippen LogP contribution in [-0.4, -0.2) is 20.7 Å². The van der Waals surface area contributed by atoms with Crippen molar-refractivity contribution in [1.82, 2.24) is 14.8 Å². The Bertz CT molecular complexity index is 623. The minimum atomic E-state index is -0.168. The maximum Gasteiger partial charge on any atom is 0.246 e. The number of amides is 1. The lowest BCUT2D eigenvalue weighted by Gasteiger charge is -2.08. The molecule has 1 aromatic carbocycles. The molecule has 1 heterocycles. The lowest BCUT2D eigenvalue weighted by molar-refractivity contribution is -0.116. The van der Waals surface area contributed by atoms with Crippen LogP contribution in [0.2, 0.25) is 0 Å². The van der Waals surface area contributed by atoms with Crippen molar-refractivity contribution in [3.8, 4) is 0 Å². The highest BCUT2D eigenvalue weighted by atomic mass is 79.9. The summed E-state index contributed by atoms with van der Waals surface area (Å²) in [6.07, 6.45) is 0. The van der Waals surface area contributed by atoms with E-state index in [1.165, 1.54) is 0 Å². The molecule has 0 unspecified atom stereocenters. The number of nitrogen functional groups attached to an aromatic ring is 1. The van der Waals surface area contributed by atoms with E-state index in [0.717, 1.165) is 4.47 Å². The standard InChI is InChI=1S/C12H14BrN5O/c1-7-15-8(2)18(17-7)6-12(19)16-11-4-3-9(14)5-10(11)13/h3-5H,6,14H2,1-2H3,(H,16,19). The van der Waals surface area contributed by atoms with Crippen molar-refractivity contribution in [2.24, 2.45) is 0 Å². The molecule has 0 aliphatic carbocycles. The Hall–Kier alpha value is -1.89. The van der Waals surface area contributed by atoms with Gasteiger partial charge in [0.1, 0.15) is 18.2 Å². The van der Waals surface area contributed by atoms with Crippen LogP contribution in [-0.2, 0) is 11.3 Å². The van der Waals surface area contributed by atoms with Gasteiger partial charge in [0.15, 0.2) is 0 Å². The average molecular weight is 324 g/mol. The van der Waals surface area contributed by atoms with E-state index in [4.69, 9.17) is 5.73 Å². The van der Waals surface area contributed by atoms with Gasteiger partial charge in [-0.3, -0.25) is 4.79 Å². The molecule has 0 saturated heterocycles. The highest BCUT2D eigenvalue weighted by Crippen LogP contribution is 2.24. The van der Waals surface area contributed by atoms with Crippen molar-refractivity contribution in [1.29, 1.82) is 0 Å². The van der Waals surface area contributed by atoms with Gasteiger partial charge in [-0.25, -0.2) is 9.67 Å². The Morgan fingerprint density at radius 3 is 2.79 bits per heavy atom. The molecule has 0 fully saturated rings. The molecule has 100 valence electrons. The number of carbonyl (C=O) groups is 1. The molecule has 7 heteroatoms. The molecule has 6 nitrogen and oxygen atoms in total. The zero-order valence-electron chi connectivity index (χ0n) is 10.6. The van der Waals surface area contributed by atoms with E-state index in [0.29, 0.717) is 23.0 Å². The quantitative estimate of drug-likeness (QED) is 0.844. The first kappa shape index (κ1) is 13.5. The van der Waals surface area contributed by atoms with Crippen LogP contribution in [0.15, 0.2) is 22.7 Å². The van der Waals surface area contributed by atoms with E-state index < -0.39 is 0 Å². The summed E-state index contributed by atoms with van der Waals surface area (Å²) >= 11 is 3.35. The van der Waals surface area contributed by atoms with Crippen molar-refractivity contribution >= 4 is 33.2 Å². The van der Waals surface area contributed by atoms with Crippen molar-refractivity contribution in [2.45, 2.75) is 20.4 Å². The van der Waals surface area contributed by atoms with Crippen LogP contribution in [0.3, 0.4) is 0 Å². The topological polar surface area (TPSA) is 85.8 Å². The minimum absolute atomic E-state index is 0.128. The lowest BCUT2D eigenvalue weighted by Crippen LogP contribution is -2.20. The summed E-state index contributed by atoms with van der Waals surface area (Å²) in [5.74, 6) is 1.20. The first-order valence-corrected chi connectivity index (χ1v) is 6.48. The third-order valence-corrected chi connectivity index (χ3v) is 3.18. The fourth-order valence-corrected chi connectivity index (χ4v) is 2.17. The second-order valence-electron chi connectivity index (χ2n) is 4.15. The zero-order chi connectivity index (χ0) is 14.0. The summed E-state index contributed by atoms with van der Waals surface area (Å²) in [5, 5.41) is 6.93. The van der Waals surface area contributed by atoms with Gasteiger partial charge >= 0.3 is 0 Å². The number of nitrogens with two attached hydrogens (primary N) is 1. The average Bonchev–Trinajstić information content (AvgIpc) is 2.61. The molecule has 2 rings (SSSR count). The summed E-state index contributed by atoms with van der Waals surface area (Å²) in [7, 11) is 0. The maximum atomic E-state index is 11.9. The second kappa shape index (κ2) is 5.40. The molecular weight excluding hydrogens is 310 g/mol. The second-order valence-corrected chi connectivity index (χ2v) is 5.01. The molecule has 0 atom stereocenters. The summed E-state index contributed by atoms with van der Waals surface area (Å²) in [6.45, 7) is 3.73. The van der Waals surface area contributed by atoms with E-state index in [-0.39, 0.29) is 12.5 Å². The normalized spacial score (nSPS) is 10.5. The highest BCUT2D eigenvalue weighted by molar-refractivity contribution is 9.10. The van der Waals surface area contributed by atoms with Crippen LogP contribution < -0.4 is 11.1 Å². The molecule has 0 bridgehead atoms. The van der Waals surface area contributed by atoms with Crippen LogP contribution >= 0.6 is 15.9 Å². The number of aryl methyl sites for hydroxylation is 2. The van der Waals surface area contributed by atoms with Crippen LogP contribution in [0.1, 0.15) is 11.6 Å². The summed E-state index contributed by atoms with van der Waals surface area (Å²) < 4.78 is 2.31. The third-order valence-electron chi connectivity index (χ3n) is 2.52. The molecule has 3 N–H and O–H groups in total. The van der Waals surface area contributed by atoms with Gasteiger partial charge in [-0.05, 0) is 48.0 Å². The number of nitrogens with zero attached hydrogens (tertiary/aromatic N) is 3. The number of aromatic nitrogens is 3. The Morgan fingerprint density at radius 1 is 1.47 bits per heavy atom. The number of carbonyl (C=O) groups excluding carboxylic acids is 1. The van der Waals surface area contributed by atoms with Gasteiger partial charge in [0.25, 0.3) is 0 Å². The number of halogens is 1. The van der Waals surface area contributed by atoms with Gasteiger partial charge in [0.05, 0.1) is 5.69 Å². The Labute approximate surface area is 119 Å². The summed E-state index contributed by atoms with van der Waals surface area (Å²) in [4.78, 5) is 16.1. The summed E-state index contributed by atoms with van der Waals surface area (Å²) in [6, 6.07) is 5.21. The predicted octanol–water partition coefficient (Wildman–Crippen LogP) is 1.88. The fourth-order valence-electron chi connectivity index (χ4n) is 1.67. The number of hydrogen-bond donors (Lipinski definition) is 2. The summed E-state index contributed by atoms with van der Waals surface area (Å²) in [5.41, 5.74) is 6.95. The molecule has 0 radical (unpaired) electrons. The Balaban J connectivity index is 2.07. The molecule has 0 aliphatic rings. The molecule has 19 heavy (non-hydrogen) atoms. The van der Waals surface area contributed by atoms with Crippen molar-refractivity contribution in [3.63, 3.8) is 0 Å². The SMILES string of the molecule is Cc1nc(C)n(CC(=O)Nc2ccc(N)cc2Br)n1. The van der Waals surface area contributed by atoms with E-state index in [1.807, 2.05) is 6.92 Å². The lowest BCUT2D eigenvalue weighted by atomic mass is 10.3. The molecule has 0 aliphatic heterocycles. The van der Waals surface area contributed by atoms with Gasteiger partial charge < -0.3 is 11.1 Å². The van der Waals surface area contributed by atoms with Crippen LogP contribution in [0.25, 0.3) is 0 Å². The monoisotopic (exact) mass is 323 g/mol. The van der Waals surface area contributed by atoms with E-state index in [1.54, 1.807) is 29.8 Å². The number of rotatable bonds is 3. The van der Waals surface area contributed by atoms with Crippen molar-refractivity contribution in [2.75, 3.05) is 11.1 Å². The van der Waals surface area contributed by atoms with Crippen LogP contribution in [0, 0.1) is 13.8 Å². The highest BCUT2D eigenvalue weighted by Gasteiger charge is 2.10. The molecule has 2 aromatic rings. The van der Waals surface area contributed by atoms with Gasteiger partial charge in [-0.2, -0.15) is 5.10 Å². The van der Waals surface area contributed by atoms with Crippen LogP contribution in [0.4, 0.5) is 11.4 Å². The third kappa shape index (κ3) is 3.31. The number of anilines is 2. The van der Waals surface area contributed by atoms with Gasteiger partial charge in [0.2, 0.25) is 5.91 Å². The Kier molecular flexibility index (Phi) is 3.84. The molecule has 1 amide bonds. The van der Waals surface area contributed by atoms with Gasteiger partial charge in [-0.15, -0.1) is 0 Å².